The van der Waals surface area contributed by atoms with Crippen molar-refractivity contribution in [2.24, 2.45) is 11.7 Å². The van der Waals surface area contributed by atoms with Crippen LogP contribution in [-0.2, 0) is 12.0 Å². The van der Waals surface area contributed by atoms with Crippen LogP contribution in [0.25, 0.3) is 0 Å². The van der Waals surface area contributed by atoms with Gasteiger partial charge in [-0.25, -0.2) is 0 Å². The zero-order chi connectivity index (χ0) is 23.8. The lowest BCUT2D eigenvalue weighted by Crippen LogP contribution is -2.52. The first-order valence-corrected chi connectivity index (χ1v) is 12.3. The number of likely N-dealkylation sites (tertiary alicyclic amines) is 1. The van der Waals surface area contributed by atoms with Crippen LogP contribution < -0.4 is 15.2 Å². The maximum atomic E-state index is 5.90. The molecule has 5 heteroatoms. The van der Waals surface area contributed by atoms with Crippen LogP contribution >= 0.6 is 0 Å². The second-order valence-corrected chi connectivity index (χ2v) is 9.77. The Bertz CT molecular complexity index is 859. The van der Waals surface area contributed by atoms with Crippen molar-refractivity contribution in [1.29, 1.82) is 0 Å². The van der Waals surface area contributed by atoms with E-state index in [0.29, 0.717) is 18.5 Å². The summed E-state index contributed by atoms with van der Waals surface area (Å²) in [5.41, 5.74) is 8.81. The fraction of sp³-hybridized carbons (Fsp3) is 0.571. The van der Waals surface area contributed by atoms with Crippen LogP contribution in [0.3, 0.4) is 0 Å². The molecular formula is C28H43N3O2. The molecule has 0 aromatic heterocycles. The minimum Gasteiger partial charge on any atom is -0.493 e. The van der Waals surface area contributed by atoms with Crippen molar-refractivity contribution in [3.63, 3.8) is 0 Å². The first kappa shape index (κ1) is 25.5. The SMILES string of the molecule is COc1ccc(CN(CCCN)CC[C@@]2(c3ccccc3)C[C@@H](C)N(C)C[C@H]2C)cc1OC. The van der Waals surface area contributed by atoms with E-state index >= 15 is 0 Å². The summed E-state index contributed by atoms with van der Waals surface area (Å²) < 4.78 is 11.0. The zero-order valence-electron chi connectivity index (χ0n) is 21.2. The second kappa shape index (κ2) is 11.9. The van der Waals surface area contributed by atoms with E-state index in [1.54, 1.807) is 14.2 Å². The Labute approximate surface area is 200 Å². The second-order valence-electron chi connectivity index (χ2n) is 9.77. The van der Waals surface area contributed by atoms with E-state index in [-0.39, 0.29) is 5.41 Å². The molecular weight excluding hydrogens is 410 g/mol. The molecule has 3 rings (SSSR count). The van der Waals surface area contributed by atoms with Crippen LogP contribution in [0.1, 0.15) is 44.2 Å². The van der Waals surface area contributed by atoms with E-state index in [1.165, 1.54) is 17.5 Å². The topological polar surface area (TPSA) is 51.0 Å². The largest absolute Gasteiger partial charge is 0.493 e. The lowest BCUT2D eigenvalue weighted by molar-refractivity contribution is 0.0600. The molecule has 3 atom stereocenters. The molecule has 1 aliphatic rings. The minimum atomic E-state index is 0.186. The number of ether oxygens (including phenoxy) is 2. The van der Waals surface area contributed by atoms with Gasteiger partial charge in [0.05, 0.1) is 14.2 Å². The number of methoxy groups -OCH3 is 2. The first-order valence-electron chi connectivity index (χ1n) is 12.3. The van der Waals surface area contributed by atoms with Crippen molar-refractivity contribution in [1.82, 2.24) is 9.80 Å². The smallest absolute Gasteiger partial charge is 0.161 e. The first-order chi connectivity index (χ1) is 15.9. The molecule has 0 bridgehead atoms. The zero-order valence-corrected chi connectivity index (χ0v) is 21.2. The molecule has 5 nitrogen and oxygen atoms in total. The maximum absolute atomic E-state index is 5.90. The Hall–Kier alpha value is -2.08. The molecule has 0 saturated carbocycles. The van der Waals surface area contributed by atoms with Gasteiger partial charge in [-0.2, -0.15) is 0 Å². The fourth-order valence-corrected chi connectivity index (χ4v) is 5.52. The molecule has 0 aliphatic carbocycles. The van der Waals surface area contributed by atoms with Crippen molar-refractivity contribution in [2.45, 2.75) is 51.1 Å². The van der Waals surface area contributed by atoms with Crippen LogP contribution in [0, 0.1) is 5.92 Å². The number of benzene rings is 2. The predicted octanol–water partition coefficient (Wildman–Crippen LogP) is 4.54. The van der Waals surface area contributed by atoms with Gasteiger partial charge < -0.3 is 20.1 Å². The molecule has 1 heterocycles. The summed E-state index contributed by atoms with van der Waals surface area (Å²) in [7, 11) is 5.64. The molecule has 0 spiro atoms. The van der Waals surface area contributed by atoms with Gasteiger partial charge in [-0.1, -0.05) is 43.3 Å². The van der Waals surface area contributed by atoms with Gasteiger partial charge in [0, 0.05) is 24.5 Å². The van der Waals surface area contributed by atoms with Crippen LogP contribution in [0.15, 0.2) is 48.5 Å². The number of piperidine rings is 1. The van der Waals surface area contributed by atoms with Crippen molar-refractivity contribution in [2.75, 3.05) is 47.4 Å². The monoisotopic (exact) mass is 453 g/mol. The third-order valence-corrected chi connectivity index (χ3v) is 7.67. The average molecular weight is 454 g/mol. The standard InChI is InChI=1S/C28H43N3O2/c1-22-20-30(3)23(2)19-28(22,25-10-7-6-8-11-25)14-17-31(16-9-15-29)21-24-12-13-26(32-4)27(18-24)33-5/h6-8,10-13,18,22-23H,9,14-17,19-21,29H2,1-5H3/t22-,23-,28-/m1/s1. The quantitative estimate of drug-likeness (QED) is 0.541. The lowest BCUT2D eigenvalue weighted by atomic mass is 9.63. The van der Waals surface area contributed by atoms with Gasteiger partial charge in [0.15, 0.2) is 11.5 Å². The third-order valence-electron chi connectivity index (χ3n) is 7.67. The summed E-state index contributed by atoms with van der Waals surface area (Å²) in [5, 5.41) is 0. The fourth-order valence-electron chi connectivity index (χ4n) is 5.52. The van der Waals surface area contributed by atoms with Gasteiger partial charge in [0.1, 0.15) is 0 Å². The van der Waals surface area contributed by atoms with Crippen LogP contribution in [0.2, 0.25) is 0 Å². The van der Waals surface area contributed by atoms with E-state index in [4.69, 9.17) is 15.2 Å². The Morgan fingerprint density at radius 2 is 1.76 bits per heavy atom. The molecule has 33 heavy (non-hydrogen) atoms. The summed E-state index contributed by atoms with van der Waals surface area (Å²) in [5.74, 6) is 2.15. The highest BCUT2D eigenvalue weighted by atomic mass is 16.5. The number of nitrogens with two attached hydrogens (primary N) is 1. The molecule has 1 fully saturated rings. The van der Waals surface area contributed by atoms with Crippen molar-refractivity contribution < 1.29 is 9.47 Å². The van der Waals surface area contributed by atoms with Gasteiger partial charge in [0.2, 0.25) is 0 Å². The molecule has 182 valence electrons. The Morgan fingerprint density at radius 1 is 1.03 bits per heavy atom. The highest BCUT2D eigenvalue weighted by Gasteiger charge is 2.43. The number of hydrogen-bond donors (Lipinski definition) is 1. The number of rotatable bonds is 11. The molecule has 0 amide bonds. The molecule has 2 aromatic carbocycles. The lowest BCUT2D eigenvalue weighted by Gasteiger charge is -2.50. The molecule has 2 aromatic rings. The molecule has 1 saturated heterocycles. The van der Waals surface area contributed by atoms with Crippen LogP contribution in [-0.4, -0.2) is 63.3 Å². The van der Waals surface area contributed by atoms with Gasteiger partial charge in [-0.3, -0.25) is 4.90 Å². The molecule has 0 radical (unpaired) electrons. The molecule has 2 N–H and O–H groups in total. The highest BCUT2D eigenvalue weighted by Crippen LogP contribution is 2.44. The minimum absolute atomic E-state index is 0.186. The Kier molecular flexibility index (Phi) is 9.19. The Morgan fingerprint density at radius 3 is 2.42 bits per heavy atom. The van der Waals surface area contributed by atoms with Crippen molar-refractivity contribution >= 4 is 0 Å². The van der Waals surface area contributed by atoms with Gasteiger partial charge in [0.25, 0.3) is 0 Å². The van der Waals surface area contributed by atoms with E-state index < -0.39 is 0 Å². The summed E-state index contributed by atoms with van der Waals surface area (Å²) in [6.45, 7) is 9.59. The summed E-state index contributed by atoms with van der Waals surface area (Å²) in [6, 6.07) is 18.0. The van der Waals surface area contributed by atoms with Crippen LogP contribution in [0.5, 0.6) is 11.5 Å². The van der Waals surface area contributed by atoms with E-state index in [9.17, 15) is 0 Å². The Balaban J connectivity index is 1.82. The van der Waals surface area contributed by atoms with Crippen LogP contribution in [0.4, 0.5) is 0 Å². The maximum Gasteiger partial charge on any atom is 0.161 e. The summed E-state index contributed by atoms with van der Waals surface area (Å²) in [6.07, 6.45) is 3.34. The predicted molar refractivity (Wildman–Crippen MR) is 137 cm³/mol. The van der Waals surface area contributed by atoms with E-state index in [0.717, 1.165) is 50.5 Å². The molecule has 1 aliphatic heterocycles. The average Bonchev–Trinajstić information content (AvgIpc) is 2.84. The van der Waals surface area contributed by atoms with Gasteiger partial charge in [-0.15, -0.1) is 0 Å². The summed E-state index contributed by atoms with van der Waals surface area (Å²) in [4.78, 5) is 5.08. The van der Waals surface area contributed by atoms with Gasteiger partial charge >= 0.3 is 0 Å². The molecule has 0 unspecified atom stereocenters. The number of nitrogens with zero attached hydrogens (tertiary/aromatic N) is 2. The van der Waals surface area contributed by atoms with Gasteiger partial charge in [-0.05, 0) is 82.0 Å². The third kappa shape index (κ3) is 6.08. The number of hydrogen-bond acceptors (Lipinski definition) is 5. The summed E-state index contributed by atoms with van der Waals surface area (Å²) >= 11 is 0. The highest BCUT2D eigenvalue weighted by molar-refractivity contribution is 5.42. The normalized spacial score (nSPS) is 23.6. The van der Waals surface area contributed by atoms with E-state index in [2.05, 4.69) is 73.2 Å². The van der Waals surface area contributed by atoms with E-state index in [1.807, 2.05) is 6.07 Å². The van der Waals surface area contributed by atoms with Crippen molar-refractivity contribution in [3.05, 3.63) is 59.7 Å². The van der Waals surface area contributed by atoms with Crippen molar-refractivity contribution in [3.8, 4) is 11.5 Å².